The van der Waals surface area contributed by atoms with Gasteiger partial charge in [0.15, 0.2) is 0 Å². The minimum absolute atomic E-state index is 0.461. The number of aliphatic carboxylic acids is 1. The second-order valence-corrected chi connectivity index (χ2v) is 8.10. The van der Waals surface area contributed by atoms with Crippen molar-refractivity contribution in [2.24, 2.45) is 0 Å². The van der Waals surface area contributed by atoms with Crippen LogP contribution in [0.4, 0.5) is 0 Å². The maximum absolute atomic E-state index is 11.9. The third-order valence-corrected chi connectivity index (χ3v) is 5.74. The molecule has 0 aliphatic heterocycles. The molecule has 2 rings (SSSR count). The smallest absolute Gasteiger partial charge is 0.311 e. The van der Waals surface area contributed by atoms with Crippen LogP contribution in [-0.4, -0.2) is 20.6 Å². The molecule has 0 saturated heterocycles. The highest BCUT2D eigenvalue weighted by Crippen LogP contribution is 2.28. The van der Waals surface area contributed by atoms with Gasteiger partial charge in [-0.05, 0) is 18.1 Å². The molecule has 0 aliphatic rings. The highest BCUT2D eigenvalue weighted by molar-refractivity contribution is 5.77. The van der Waals surface area contributed by atoms with E-state index in [9.17, 15) is 9.90 Å². The van der Waals surface area contributed by atoms with Gasteiger partial charge in [-0.3, -0.25) is 4.79 Å². The maximum Gasteiger partial charge on any atom is 0.311 e. The van der Waals surface area contributed by atoms with Gasteiger partial charge in [-0.25, -0.2) is 4.98 Å². The van der Waals surface area contributed by atoms with Gasteiger partial charge in [-0.15, -0.1) is 0 Å². The molecule has 0 amide bonds. The topological polar surface area (TPSA) is 55.1 Å². The van der Waals surface area contributed by atoms with Crippen molar-refractivity contribution in [3.05, 3.63) is 48.5 Å². The number of para-hydroxylation sites is 1. The summed E-state index contributed by atoms with van der Waals surface area (Å²) in [7, 11) is 0. The van der Waals surface area contributed by atoms with E-state index in [-0.39, 0.29) is 0 Å². The molecule has 0 bridgehead atoms. The molecule has 4 nitrogen and oxygen atoms in total. The predicted octanol–water partition coefficient (Wildman–Crippen LogP) is 7.13. The Morgan fingerprint density at radius 1 is 0.931 bits per heavy atom. The zero-order valence-electron chi connectivity index (χ0n) is 18.1. The van der Waals surface area contributed by atoms with Crippen molar-refractivity contribution in [2.75, 3.05) is 0 Å². The molecule has 1 unspecified atom stereocenters. The number of benzene rings is 1. The van der Waals surface area contributed by atoms with Crippen LogP contribution in [0.5, 0.6) is 0 Å². The van der Waals surface area contributed by atoms with Crippen molar-refractivity contribution in [3.63, 3.8) is 0 Å². The van der Waals surface area contributed by atoms with Gasteiger partial charge < -0.3 is 9.67 Å². The van der Waals surface area contributed by atoms with Crippen LogP contribution in [0.2, 0.25) is 0 Å². The summed E-state index contributed by atoms with van der Waals surface area (Å²) in [6.07, 6.45) is 21.5. The lowest BCUT2D eigenvalue weighted by atomic mass is 9.91. The molecule has 29 heavy (non-hydrogen) atoms. The average molecular weight is 399 g/mol. The number of nitrogens with zero attached hydrogens (tertiary/aromatic N) is 2. The maximum atomic E-state index is 11.9. The standard InChI is InChI=1S/C25H38N2O2/c1-2-3-4-5-6-7-8-9-10-11-12-13-17-23(25(28)29)22-16-14-15-18-24(22)27-20-19-26-21-27/h14-16,18-21,23H,2-13,17H2,1H3,(H,28,29). The van der Waals surface area contributed by atoms with Gasteiger partial charge in [0, 0.05) is 12.4 Å². The monoisotopic (exact) mass is 398 g/mol. The first kappa shape index (κ1) is 23.2. The van der Waals surface area contributed by atoms with Gasteiger partial charge in [0.05, 0.1) is 17.9 Å². The van der Waals surface area contributed by atoms with E-state index in [1.54, 1.807) is 12.5 Å². The number of carboxylic acids is 1. The van der Waals surface area contributed by atoms with Gasteiger partial charge in [-0.1, -0.05) is 102 Å². The Kier molecular flexibility index (Phi) is 11.2. The Balaban J connectivity index is 1.68. The Bertz CT molecular complexity index is 682. The van der Waals surface area contributed by atoms with E-state index >= 15 is 0 Å². The lowest BCUT2D eigenvalue weighted by molar-refractivity contribution is -0.139. The quantitative estimate of drug-likeness (QED) is 0.306. The molecule has 0 aliphatic carbocycles. The fourth-order valence-electron chi connectivity index (χ4n) is 4.02. The van der Waals surface area contributed by atoms with Gasteiger partial charge >= 0.3 is 5.97 Å². The summed E-state index contributed by atoms with van der Waals surface area (Å²) in [5, 5.41) is 9.80. The number of carbonyl (C=O) groups is 1. The summed E-state index contributed by atoms with van der Waals surface area (Å²) >= 11 is 0. The van der Waals surface area contributed by atoms with Gasteiger partial charge in [0.2, 0.25) is 0 Å². The highest BCUT2D eigenvalue weighted by Gasteiger charge is 2.22. The zero-order chi connectivity index (χ0) is 20.7. The molecule has 0 fully saturated rings. The number of hydrogen-bond acceptors (Lipinski definition) is 2. The van der Waals surface area contributed by atoms with Gasteiger partial charge in [0.25, 0.3) is 0 Å². The fourth-order valence-corrected chi connectivity index (χ4v) is 4.02. The number of carboxylic acid groups (broad SMARTS) is 1. The first-order valence-corrected chi connectivity index (χ1v) is 11.5. The Labute approximate surface area is 176 Å². The van der Waals surface area contributed by atoms with Crippen LogP contribution in [0.1, 0.15) is 102 Å². The number of rotatable bonds is 16. The summed E-state index contributed by atoms with van der Waals surface area (Å²) in [6.45, 7) is 2.26. The molecule has 0 radical (unpaired) electrons. The van der Waals surface area contributed by atoms with Crippen molar-refractivity contribution in [1.82, 2.24) is 9.55 Å². The number of aromatic nitrogens is 2. The van der Waals surface area contributed by atoms with E-state index in [4.69, 9.17) is 0 Å². The molecular weight excluding hydrogens is 360 g/mol. The molecule has 0 saturated carbocycles. The average Bonchev–Trinajstić information content (AvgIpc) is 3.26. The van der Waals surface area contributed by atoms with E-state index in [1.807, 2.05) is 35.0 Å². The van der Waals surface area contributed by atoms with E-state index < -0.39 is 11.9 Å². The largest absolute Gasteiger partial charge is 0.481 e. The Morgan fingerprint density at radius 2 is 1.52 bits per heavy atom. The third kappa shape index (κ3) is 8.43. The lowest BCUT2D eigenvalue weighted by Gasteiger charge is -2.17. The molecule has 160 valence electrons. The first-order chi connectivity index (χ1) is 14.2. The summed E-state index contributed by atoms with van der Waals surface area (Å²) in [4.78, 5) is 16.0. The second kappa shape index (κ2) is 14.0. The highest BCUT2D eigenvalue weighted by atomic mass is 16.4. The molecule has 1 heterocycles. The minimum atomic E-state index is -0.736. The summed E-state index contributed by atoms with van der Waals surface area (Å²) in [5.74, 6) is -1.20. The van der Waals surface area contributed by atoms with E-state index in [0.717, 1.165) is 24.1 Å². The van der Waals surface area contributed by atoms with E-state index in [1.165, 1.54) is 64.2 Å². The van der Waals surface area contributed by atoms with Crippen LogP contribution in [-0.2, 0) is 4.79 Å². The molecule has 1 N–H and O–H groups in total. The Morgan fingerprint density at radius 3 is 2.07 bits per heavy atom. The number of unbranched alkanes of at least 4 members (excludes halogenated alkanes) is 11. The molecule has 2 aromatic rings. The third-order valence-electron chi connectivity index (χ3n) is 5.74. The van der Waals surface area contributed by atoms with Crippen LogP contribution in [0.3, 0.4) is 0 Å². The van der Waals surface area contributed by atoms with Crippen molar-refractivity contribution < 1.29 is 9.90 Å². The number of hydrogen-bond donors (Lipinski definition) is 1. The van der Waals surface area contributed by atoms with E-state index in [0.29, 0.717) is 6.42 Å². The summed E-state index contributed by atoms with van der Waals surface area (Å²) < 4.78 is 1.90. The SMILES string of the molecule is CCCCCCCCCCCCCCC(C(=O)O)c1ccccc1-n1ccnc1. The summed E-state index contributed by atoms with van der Waals surface area (Å²) in [6, 6.07) is 7.78. The first-order valence-electron chi connectivity index (χ1n) is 11.5. The summed E-state index contributed by atoms with van der Waals surface area (Å²) in [5.41, 5.74) is 1.79. The fraction of sp³-hybridized carbons (Fsp3) is 0.600. The van der Waals surface area contributed by atoms with Crippen LogP contribution in [0.15, 0.2) is 43.0 Å². The van der Waals surface area contributed by atoms with Gasteiger partial charge in [-0.2, -0.15) is 0 Å². The molecular formula is C25H38N2O2. The predicted molar refractivity (Wildman–Crippen MR) is 120 cm³/mol. The Hall–Kier alpha value is -2.10. The zero-order valence-corrected chi connectivity index (χ0v) is 18.1. The molecule has 1 aromatic heterocycles. The van der Waals surface area contributed by atoms with Gasteiger partial charge in [0.1, 0.15) is 0 Å². The molecule has 0 spiro atoms. The van der Waals surface area contributed by atoms with Crippen LogP contribution >= 0.6 is 0 Å². The van der Waals surface area contributed by atoms with Crippen LogP contribution in [0.25, 0.3) is 5.69 Å². The number of imidazole rings is 1. The second-order valence-electron chi connectivity index (χ2n) is 8.10. The van der Waals surface area contributed by atoms with Crippen LogP contribution < -0.4 is 0 Å². The lowest BCUT2D eigenvalue weighted by Crippen LogP contribution is -2.14. The van der Waals surface area contributed by atoms with Crippen molar-refractivity contribution >= 4 is 5.97 Å². The molecule has 1 aromatic carbocycles. The van der Waals surface area contributed by atoms with Crippen LogP contribution in [0, 0.1) is 0 Å². The van der Waals surface area contributed by atoms with Crippen molar-refractivity contribution in [2.45, 2.75) is 96.3 Å². The normalized spacial score (nSPS) is 12.2. The minimum Gasteiger partial charge on any atom is -0.481 e. The van der Waals surface area contributed by atoms with Crippen molar-refractivity contribution in [1.29, 1.82) is 0 Å². The molecule has 4 heteroatoms. The van der Waals surface area contributed by atoms with Crippen molar-refractivity contribution in [3.8, 4) is 5.69 Å². The van der Waals surface area contributed by atoms with E-state index in [2.05, 4.69) is 11.9 Å². The molecule has 1 atom stereocenters.